The van der Waals surface area contributed by atoms with Gasteiger partial charge in [0.15, 0.2) is 0 Å². The summed E-state index contributed by atoms with van der Waals surface area (Å²) in [6.45, 7) is 2.76. The van der Waals surface area contributed by atoms with E-state index in [1.807, 2.05) is 65.4 Å². The van der Waals surface area contributed by atoms with Crippen LogP contribution in [-0.2, 0) is 11.3 Å². The lowest BCUT2D eigenvalue weighted by molar-refractivity contribution is -0.118. The molecule has 1 aromatic heterocycles. The number of rotatable bonds is 5. The van der Waals surface area contributed by atoms with Gasteiger partial charge in [0.05, 0.1) is 0 Å². The molecular formula is C22H22N2O. The molecule has 0 spiro atoms. The minimum Gasteiger partial charge on any atom is -0.329 e. The van der Waals surface area contributed by atoms with Crippen LogP contribution in [0.3, 0.4) is 0 Å². The van der Waals surface area contributed by atoms with Crippen molar-refractivity contribution >= 4 is 5.91 Å². The van der Waals surface area contributed by atoms with Crippen molar-refractivity contribution in [3.8, 4) is 0 Å². The predicted molar refractivity (Wildman–Crippen MR) is 100 cm³/mol. The van der Waals surface area contributed by atoms with E-state index in [4.69, 9.17) is 0 Å². The number of amides is 1. The number of carbonyl (C=O) groups is 1. The van der Waals surface area contributed by atoms with Crippen molar-refractivity contribution in [2.45, 2.75) is 25.8 Å². The van der Waals surface area contributed by atoms with Gasteiger partial charge in [0.2, 0.25) is 5.91 Å². The number of carbonyl (C=O) groups excluding carboxylic acids is 1. The number of hydrogen-bond acceptors (Lipinski definition) is 1. The van der Waals surface area contributed by atoms with Crippen LogP contribution in [-0.4, -0.2) is 10.5 Å². The summed E-state index contributed by atoms with van der Waals surface area (Å²) >= 11 is 0. The fourth-order valence-electron chi connectivity index (χ4n) is 2.82. The van der Waals surface area contributed by atoms with Crippen molar-refractivity contribution in [2.75, 3.05) is 0 Å². The third-order valence-electron chi connectivity index (χ3n) is 4.20. The first-order chi connectivity index (χ1) is 12.2. The van der Waals surface area contributed by atoms with Gasteiger partial charge in [-0.1, -0.05) is 73.7 Å². The Hall–Kier alpha value is -2.94. The molecule has 1 amide bonds. The van der Waals surface area contributed by atoms with E-state index in [0.717, 1.165) is 5.56 Å². The molecule has 0 fully saturated rings. The quantitative estimate of drug-likeness (QED) is 0.692. The molecule has 0 saturated heterocycles. The van der Waals surface area contributed by atoms with E-state index in [-0.39, 0.29) is 11.8 Å². The molecule has 1 heterocycles. The van der Waals surface area contributed by atoms with E-state index in [2.05, 4.69) is 36.2 Å². The van der Waals surface area contributed by atoms with Gasteiger partial charge in [-0.3, -0.25) is 4.79 Å². The van der Waals surface area contributed by atoms with Crippen molar-refractivity contribution in [1.29, 1.82) is 0 Å². The van der Waals surface area contributed by atoms with Gasteiger partial charge in [-0.05, 0) is 29.2 Å². The molecule has 3 heteroatoms. The van der Waals surface area contributed by atoms with Crippen molar-refractivity contribution in [3.63, 3.8) is 0 Å². The van der Waals surface area contributed by atoms with E-state index in [1.165, 1.54) is 5.56 Å². The molecule has 3 aromatic rings. The third kappa shape index (κ3) is 4.77. The van der Waals surface area contributed by atoms with Gasteiger partial charge >= 0.3 is 0 Å². The third-order valence-corrected chi connectivity index (χ3v) is 4.20. The topological polar surface area (TPSA) is 34.4 Å². The lowest BCUT2D eigenvalue weighted by atomic mass is 9.98. The predicted octanol–water partition coefficient (Wildman–Crippen LogP) is 4.16. The number of hydrogen-bond donors (Lipinski definition) is 0. The largest absolute Gasteiger partial charge is 0.329 e. The van der Waals surface area contributed by atoms with Crippen LogP contribution in [0, 0.1) is 0 Å². The number of nitrogens with zero attached hydrogens (tertiary/aromatic N) is 2. The van der Waals surface area contributed by atoms with Crippen LogP contribution < -0.4 is 5.49 Å². The van der Waals surface area contributed by atoms with Gasteiger partial charge in [-0.25, -0.2) is 0 Å². The first-order valence-electron chi connectivity index (χ1n) is 8.54. The maximum Gasteiger partial charge on any atom is 0.248 e. The van der Waals surface area contributed by atoms with Gasteiger partial charge in [0, 0.05) is 19.2 Å². The molecule has 0 bridgehead atoms. The lowest BCUT2D eigenvalue weighted by Crippen LogP contribution is -2.22. The first kappa shape index (κ1) is 16.9. The Kier molecular flexibility index (Phi) is 5.57. The Morgan fingerprint density at radius 1 is 0.920 bits per heavy atom. The van der Waals surface area contributed by atoms with Gasteiger partial charge in [-0.2, -0.15) is 4.99 Å². The van der Waals surface area contributed by atoms with E-state index < -0.39 is 0 Å². The standard InChI is InChI=1S/C22H22N2O/c1-18(20-12-6-3-7-13-20)16-22(25)23-21-14-8-9-15-24(21)17-19-10-4-2-5-11-19/h2-15,18H,16-17H2,1H3. The van der Waals surface area contributed by atoms with Crippen LogP contribution in [0.15, 0.2) is 90.1 Å². The van der Waals surface area contributed by atoms with Gasteiger partial charge in [-0.15, -0.1) is 0 Å². The van der Waals surface area contributed by atoms with Crippen molar-refractivity contribution in [1.82, 2.24) is 4.57 Å². The van der Waals surface area contributed by atoms with Crippen LogP contribution in [0.4, 0.5) is 0 Å². The van der Waals surface area contributed by atoms with E-state index in [0.29, 0.717) is 18.5 Å². The lowest BCUT2D eigenvalue weighted by Gasteiger charge is -2.10. The minimum absolute atomic E-state index is 0.0932. The molecular weight excluding hydrogens is 308 g/mol. The van der Waals surface area contributed by atoms with E-state index in [9.17, 15) is 4.79 Å². The maximum absolute atomic E-state index is 12.4. The number of aromatic nitrogens is 1. The highest BCUT2D eigenvalue weighted by Gasteiger charge is 2.10. The van der Waals surface area contributed by atoms with Gasteiger partial charge < -0.3 is 4.57 Å². The molecule has 126 valence electrons. The van der Waals surface area contributed by atoms with E-state index in [1.54, 1.807) is 0 Å². The Balaban J connectivity index is 1.78. The molecule has 1 atom stereocenters. The summed E-state index contributed by atoms with van der Waals surface area (Å²) in [5.74, 6) is 0.0631. The van der Waals surface area contributed by atoms with Crippen molar-refractivity contribution in [2.24, 2.45) is 4.99 Å². The average Bonchev–Trinajstić information content (AvgIpc) is 2.65. The summed E-state index contributed by atoms with van der Waals surface area (Å²) in [6, 6.07) is 26.0. The Morgan fingerprint density at radius 2 is 1.56 bits per heavy atom. The van der Waals surface area contributed by atoms with Crippen LogP contribution in [0.5, 0.6) is 0 Å². The number of pyridine rings is 1. The molecule has 3 rings (SSSR count). The molecule has 0 aliphatic carbocycles. The second-order valence-electron chi connectivity index (χ2n) is 6.19. The summed E-state index contributed by atoms with van der Waals surface area (Å²) in [7, 11) is 0. The SMILES string of the molecule is CC(CC(=O)N=c1ccccn1Cc1ccccc1)c1ccccc1. The van der Waals surface area contributed by atoms with E-state index >= 15 is 0 Å². The Labute approximate surface area is 148 Å². The highest BCUT2D eigenvalue weighted by molar-refractivity contribution is 5.77. The summed E-state index contributed by atoms with van der Waals surface area (Å²) in [6.07, 6.45) is 2.37. The summed E-state index contributed by atoms with van der Waals surface area (Å²) in [5.41, 5.74) is 3.04. The second-order valence-corrected chi connectivity index (χ2v) is 6.19. The highest BCUT2D eigenvalue weighted by Crippen LogP contribution is 2.18. The van der Waals surface area contributed by atoms with Crippen LogP contribution in [0.1, 0.15) is 30.4 Å². The maximum atomic E-state index is 12.4. The van der Waals surface area contributed by atoms with Crippen molar-refractivity contribution < 1.29 is 4.79 Å². The van der Waals surface area contributed by atoms with Gasteiger partial charge in [0.1, 0.15) is 5.49 Å². The Morgan fingerprint density at radius 3 is 2.28 bits per heavy atom. The molecule has 1 unspecified atom stereocenters. The summed E-state index contributed by atoms with van der Waals surface area (Å²) in [5, 5.41) is 0. The monoisotopic (exact) mass is 330 g/mol. The molecule has 2 aromatic carbocycles. The first-order valence-corrected chi connectivity index (χ1v) is 8.54. The molecule has 25 heavy (non-hydrogen) atoms. The van der Waals surface area contributed by atoms with Crippen molar-refractivity contribution in [3.05, 3.63) is 102 Å². The fourth-order valence-corrected chi connectivity index (χ4v) is 2.82. The minimum atomic E-state index is -0.0932. The molecule has 0 aliphatic rings. The van der Waals surface area contributed by atoms with Gasteiger partial charge in [0.25, 0.3) is 0 Å². The van der Waals surface area contributed by atoms with Crippen LogP contribution >= 0.6 is 0 Å². The Bertz CT molecular complexity index is 882. The number of benzene rings is 2. The van der Waals surface area contributed by atoms with Crippen LogP contribution in [0.25, 0.3) is 0 Å². The molecule has 0 saturated carbocycles. The smallest absolute Gasteiger partial charge is 0.248 e. The summed E-state index contributed by atoms with van der Waals surface area (Å²) in [4.78, 5) is 16.8. The summed E-state index contributed by atoms with van der Waals surface area (Å²) < 4.78 is 2.00. The van der Waals surface area contributed by atoms with Crippen LogP contribution in [0.2, 0.25) is 0 Å². The molecule has 0 N–H and O–H groups in total. The normalized spacial score (nSPS) is 12.8. The molecule has 0 aliphatic heterocycles. The zero-order chi connectivity index (χ0) is 17.5. The highest BCUT2D eigenvalue weighted by atomic mass is 16.1. The second kappa shape index (κ2) is 8.25. The average molecular weight is 330 g/mol. The fraction of sp³-hybridized carbons (Fsp3) is 0.182. The zero-order valence-electron chi connectivity index (χ0n) is 14.4. The zero-order valence-corrected chi connectivity index (χ0v) is 14.4. The molecule has 0 radical (unpaired) electrons. The molecule has 3 nitrogen and oxygen atoms in total.